The van der Waals surface area contributed by atoms with Crippen molar-refractivity contribution in [3.63, 3.8) is 0 Å². The summed E-state index contributed by atoms with van der Waals surface area (Å²) in [6.07, 6.45) is 3.76. The van der Waals surface area contributed by atoms with Gasteiger partial charge >= 0.3 is 0 Å². The van der Waals surface area contributed by atoms with Crippen molar-refractivity contribution in [2.24, 2.45) is 0 Å². The molecule has 0 N–H and O–H groups in total. The summed E-state index contributed by atoms with van der Waals surface area (Å²) >= 11 is 0. The van der Waals surface area contributed by atoms with Gasteiger partial charge < -0.3 is 0 Å². The highest BCUT2D eigenvalue weighted by Crippen LogP contribution is 1.85. The van der Waals surface area contributed by atoms with E-state index in [0.29, 0.717) is 0 Å². The Labute approximate surface area is 51.3 Å². The lowest BCUT2D eigenvalue weighted by Gasteiger charge is -1.76. The predicted molar refractivity (Wildman–Crippen MR) is 36.9 cm³/mol. The average Bonchev–Trinajstić information content (AvgIpc) is 1.35. The second-order valence-corrected chi connectivity index (χ2v) is 1.48. The molecule has 0 unspecified atom stereocenters. The summed E-state index contributed by atoms with van der Waals surface area (Å²) in [4.78, 5) is 0. The molecule has 0 atom stereocenters. The van der Waals surface area contributed by atoms with Crippen molar-refractivity contribution in [1.29, 1.82) is 0 Å². The van der Waals surface area contributed by atoms with Gasteiger partial charge in [-0.2, -0.15) is 0 Å². The Morgan fingerprint density at radius 1 is 1.43 bits per heavy atom. The van der Waals surface area contributed by atoms with Gasteiger partial charge in [0.15, 0.2) is 0 Å². The highest BCUT2D eigenvalue weighted by atomic mass is 35.5. The van der Waals surface area contributed by atoms with Crippen molar-refractivity contribution in [2.45, 2.75) is 13.8 Å². The number of hydrogen-bond donors (Lipinski definition) is 0. The van der Waals surface area contributed by atoms with Crippen LogP contribution in [-0.2, 0) is 0 Å². The first-order valence-electron chi connectivity index (χ1n) is 2.03. The summed E-state index contributed by atoms with van der Waals surface area (Å²) in [6.45, 7) is 7.61. The second-order valence-electron chi connectivity index (χ2n) is 1.48. The van der Waals surface area contributed by atoms with Gasteiger partial charge in [-0.05, 0) is 13.8 Å². The van der Waals surface area contributed by atoms with E-state index in [1.54, 1.807) is 6.08 Å². The summed E-state index contributed by atoms with van der Waals surface area (Å²) in [6, 6.07) is 0. The number of hydrogen-bond acceptors (Lipinski definition) is 0. The van der Waals surface area contributed by atoms with Crippen LogP contribution in [0.5, 0.6) is 0 Å². The Hall–Kier alpha value is -0.230. The molecule has 0 radical (unpaired) electrons. The van der Waals surface area contributed by atoms with Gasteiger partial charge in [0.25, 0.3) is 0 Å². The zero-order valence-corrected chi connectivity index (χ0v) is 5.59. The van der Waals surface area contributed by atoms with Gasteiger partial charge in [-0.25, -0.2) is 0 Å². The van der Waals surface area contributed by atoms with Crippen LogP contribution in [0, 0.1) is 0 Å². The maximum atomic E-state index is 3.52. The number of rotatable bonds is 1. The lowest BCUT2D eigenvalue weighted by atomic mass is 10.3. The van der Waals surface area contributed by atoms with E-state index in [1.165, 1.54) is 5.57 Å². The molecule has 0 heterocycles. The average molecular weight is 119 g/mol. The monoisotopic (exact) mass is 118 g/mol. The summed E-state index contributed by atoms with van der Waals surface area (Å²) in [5.41, 5.74) is 1.30. The third kappa shape index (κ3) is 10.7. The standard InChI is InChI=1S/C6H10.ClH/c1-4-5-6(2)3;/h4-5H,1H2,2-3H3;1H. The van der Waals surface area contributed by atoms with Gasteiger partial charge in [0.2, 0.25) is 0 Å². The second kappa shape index (κ2) is 5.77. The van der Waals surface area contributed by atoms with Gasteiger partial charge in [0.1, 0.15) is 0 Å². The Morgan fingerprint density at radius 2 is 1.86 bits per heavy atom. The Kier molecular flexibility index (Phi) is 8.17. The molecular formula is C6H11Cl. The normalized spacial score (nSPS) is 6.00. The maximum absolute atomic E-state index is 3.52. The van der Waals surface area contributed by atoms with E-state index in [9.17, 15) is 0 Å². The molecule has 0 aromatic carbocycles. The van der Waals surface area contributed by atoms with Crippen LogP contribution in [0.2, 0.25) is 0 Å². The van der Waals surface area contributed by atoms with Crippen LogP contribution in [0.3, 0.4) is 0 Å². The maximum Gasteiger partial charge on any atom is -0.0439 e. The highest BCUT2D eigenvalue weighted by Gasteiger charge is 1.63. The smallest absolute Gasteiger partial charge is 0.0439 e. The van der Waals surface area contributed by atoms with Crippen LogP contribution < -0.4 is 0 Å². The Balaban J connectivity index is 0. The molecule has 0 saturated carbocycles. The van der Waals surface area contributed by atoms with E-state index < -0.39 is 0 Å². The Bertz CT molecular complexity index is 68.2. The van der Waals surface area contributed by atoms with Crippen LogP contribution in [0.4, 0.5) is 0 Å². The van der Waals surface area contributed by atoms with Gasteiger partial charge in [0.05, 0.1) is 0 Å². The van der Waals surface area contributed by atoms with Crippen molar-refractivity contribution in [3.05, 3.63) is 24.3 Å². The molecule has 0 aliphatic carbocycles. The van der Waals surface area contributed by atoms with E-state index in [-0.39, 0.29) is 12.4 Å². The van der Waals surface area contributed by atoms with Crippen molar-refractivity contribution in [2.75, 3.05) is 0 Å². The van der Waals surface area contributed by atoms with E-state index >= 15 is 0 Å². The minimum atomic E-state index is 0. The Morgan fingerprint density at radius 3 is 1.86 bits per heavy atom. The summed E-state index contributed by atoms with van der Waals surface area (Å²) in [7, 11) is 0. The fourth-order valence-corrected chi connectivity index (χ4v) is 0.236. The molecule has 0 spiro atoms. The largest absolute Gasteiger partial charge is 0.147 e. The molecular weight excluding hydrogens is 108 g/mol. The molecule has 0 aromatic rings. The van der Waals surface area contributed by atoms with E-state index in [4.69, 9.17) is 0 Å². The van der Waals surface area contributed by atoms with Gasteiger partial charge in [-0.15, -0.1) is 12.4 Å². The molecule has 0 fully saturated rings. The lowest BCUT2D eigenvalue weighted by molar-refractivity contribution is 1.40. The zero-order valence-electron chi connectivity index (χ0n) is 4.77. The lowest BCUT2D eigenvalue weighted by Crippen LogP contribution is -1.54. The highest BCUT2D eigenvalue weighted by molar-refractivity contribution is 5.85. The third-order valence-electron chi connectivity index (χ3n) is 0.451. The number of allylic oxidation sites excluding steroid dienone is 3. The molecule has 0 aromatic heterocycles. The summed E-state index contributed by atoms with van der Waals surface area (Å²) < 4.78 is 0. The third-order valence-corrected chi connectivity index (χ3v) is 0.451. The molecule has 1 heteroatoms. The molecule has 0 amide bonds. The molecule has 0 rings (SSSR count). The molecule has 0 aliphatic heterocycles. The van der Waals surface area contributed by atoms with Gasteiger partial charge in [-0.3, -0.25) is 0 Å². The predicted octanol–water partition coefficient (Wildman–Crippen LogP) is 2.56. The van der Waals surface area contributed by atoms with Crippen LogP contribution in [-0.4, -0.2) is 0 Å². The summed E-state index contributed by atoms with van der Waals surface area (Å²) in [5.74, 6) is 0. The minimum Gasteiger partial charge on any atom is -0.147 e. The number of halogens is 1. The minimum absolute atomic E-state index is 0. The van der Waals surface area contributed by atoms with Crippen molar-refractivity contribution in [1.82, 2.24) is 0 Å². The van der Waals surface area contributed by atoms with E-state index in [2.05, 4.69) is 6.58 Å². The van der Waals surface area contributed by atoms with Crippen LogP contribution in [0.25, 0.3) is 0 Å². The fourth-order valence-electron chi connectivity index (χ4n) is 0.236. The molecule has 7 heavy (non-hydrogen) atoms. The van der Waals surface area contributed by atoms with Crippen molar-refractivity contribution < 1.29 is 0 Å². The van der Waals surface area contributed by atoms with Crippen LogP contribution >= 0.6 is 12.4 Å². The first-order valence-corrected chi connectivity index (χ1v) is 2.03. The van der Waals surface area contributed by atoms with Gasteiger partial charge in [0, 0.05) is 0 Å². The van der Waals surface area contributed by atoms with Crippen molar-refractivity contribution >= 4 is 12.4 Å². The molecule has 0 saturated heterocycles. The van der Waals surface area contributed by atoms with E-state index in [0.717, 1.165) is 0 Å². The molecule has 0 nitrogen and oxygen atoms in total. The molecule has 0 aliphatic rings. The van der Waals surface area contributed by atoms with E-state index in [1.807, 2.05) is 19.9 Å². The zero-order chi connectivity index (χ0) is 4.99. The van der Waals surface area contributed by atoms with Crippen LogP contribution in [0.1, 0.15) is 13.8 Å². The fraction of sp³-hybridized carbons (Fsp3) is 0.333. The topological polar surface area (TPSA) is 0 Å². The van der Waals surface area contributed by atoms with Gasteiger partial charge in [-0.1, -0.05) is 24.3 Å². The molecule has 0 bridgehead atoms. The van der Waals surface area contributed by atoms with Crippen LogP contribution in [0.15, 0.2) is 24.3 Å². The first-order chi connectivity index (χ1) is 2.77. The first kappa shape index (κ1) is 9.91. The quantitative estimate of drug-likeness (QED) is 0.465. The SMILES string of the molecule is C=CC=C(C)C.Cl. The summed E-state index contributed by atoms with van der Waals surface area (Å²) in [5, 5.41) is 0. The molecule has 42 valence electrons. The van der Waals surface area contributed by atoms with Crippen molar-refractivity contribution in [3.8, 4) is 0 Å².